The molecule has 2 heterocycles. The quantitative estimate of drug-likeness (QED) is 0.671. The fraction of sp³-hybridized carbons (Fsp3) is 0.714. The van der Waals surface area contributed by atoms with Crippen molar-refractivity contribution in [2.24, 2.45) is 5.92 Å². The first kappa shape index (κ1) is 22.3. The van der Waals surface area contributed by atoms with Gasteiger partial charge in [-0.3, -0.25) is 0 Å². The highest BCUT2D eigenvalue weighted by molar-refractivity contribution is 7.86. The molecule has 1 aromatic carbocycles. The lowest BCUT2D eigenvalue weighted by Gasteiger charge is -2.39. The molecule has 2 saturated heterocycles. The van der Waals surface area contributed by atoms with Crippen LogP contribution < -0.4 is 9.47 Å². The Hall–Kier alpha value is -1.35. The molecule has 7 nitrogen and oxygen atoms in total. The molecule has 2 aliphatic rings. The van der Waals surface area contributed by atoms with E-state index in [-0.39, 0.29) is 12.2 Å². The molecule has 2 atom stereocenters. The van der Waals surface area contributed by atoms with Crippen LogP contribution in [0.5, 0.6) is 11.5 Å². The van der Waals surface area contributed by atoms with E-state index < -0.39 is 10.2 Å². The zero-order chi connectivity index (χ0) is 21.0. The van der Waals surface area contributed by atoms with Crippen molar-refractivity contribution >= 4 is 10.2 Å². The smallest absolute Gasteiger partial charge is 0.282 e. The van der Waals surface area contributed by atoms with Crippen LogP contribution in [0.3, 0.4) is 0 Å². The summed E-state index contributed by atoms with van der Waals surface area (Å²) in [6.45, 7) is 5.91. The van der Waals surface area contributed by atoms with Crippen LogP contribution in [0.2, 0.25) is 0 Å². The number of piperidine rings is 1. The minimum Gasteiger partial charge on any atom is -0.497 e. The van der Waals surface area contributed by atoms with Gasteiger partial charge in [0.05, 0.1) is 26.4 Å². The van der Waals surface area contributed by atoms with E-state index in [0.29, 0.717) is 32.1 Å². The summed E-state index contributed by atoms with van der Waals surface area (Å²) in [6.07, 6.45) is 3.64. The number of hydrogen-bond acceptors (Lipinski definition) is 5. The maximum Gasteiger partial charge on any atom is 0.282 e. The number of ether oxygens (including phenoxy) is 3. The molecule has 164 valence electrons. The fourth-order valence-corrected chi connectivity index (χ4v) is 6.09. The summed E-state index contributed by atoms with van der Waals surface area (Å²) >= 11 is 0. The van der Waals surface area contributed by atoms with E-state index in [9.17, 15) is 8.42 Å². The van der Waals surface area contributed by atoms with E-state index in [0.717, 1.165) is 37.2 Å². The zero-order valence-electron chi connectivity index (χ0n) is 18.0. The van der Waals surface area contributed by atoms with Crippen LogP contribution in [0.15, 0.2) is 18.2 Å². The summed E-state index contributed by atoms with van der Waals surface area (Å²) in [4.78, 5) is 0. The second kappa shape index (κ2) is 9.64. The molecule has 2 unspecified atom stereocenters. The third-order valence-corrected chi connectivity index (χ3v) is 7.83. The summed E-state index contributed by atoms with van der Waals surface area (Å²) in [5.41, 5.74) is 1.19. The Morgan fingerprint density at radius 2 is 1.52 bits per heavy atom. The van der Waals surface area contributed by atoms with Crippen molar-refractivity contribution in [3.63, 3.8) is 0 Å². The number of rotatable bonds is 7. The Kier molecular flexibility index (Phi) is 7.42. The van der Waals surface area contributed by atoms with Crippen molar-refractivity contribution in [1.82, 2.24) is 8.61 Å². The van der Waals surface area contributed by atoms with Gasteiger partial charge in [0.2, 0.25) is 0 Å². The van der Waals surface area contributed by atoms with Gasteiger partial charge in [0, 0.05) is 32.2 Å². The van der Waals surface area contributed by atoms with Crippen molar-refractivity contribution in [3.8, 4) is 11.5 Å². The normalized spacial score (nSPS) is 25.1. The van der Waals surface area contributed by atoms with Gasteiger partial charge in [0.15, 0.2) is 0 Å². The lowest BCUT2D eigenvalue weighted by molar-refractivity contribution is -0.0456. The molecular weight excluding hydrogens is 392 g/mol. The van der Waals surface area contributed by atoms with E-state index in [4.69, 9.17) is 14.2 Å². The van der Waals surface area contributed by atoms with Crippen LogP contribution in [-0.4, -0.2) is 69.6 Å². The lowest BCUT2D eigenvalue weighted by Crippen LogP contribution is -2.54. The molecule has 0 aliphatic carbocycles. The minimum absolute atomic E-state index is 0.0640. The van der Waals surface area contributed by atoms with Crippen molar-refractivity contribution < 1.29 is 22.6 Å². The van der Waals surface area contributed by atoms with Gasteiger partial charge in [0.1, 0.15) is 11.5 Å². The average Bonchev–Trinajstić information content (AvgIpc) is 2.71. The molecule has 0 saturated carbocycles. The van der Waals surface area contributed by atoms with Gasteiger partial charge in [-0.1, -0.05) is 0 Å². The van der Waals surface area contributed by atoms with Gasteiger partial charge in [-0.2, -0.15) is 17.0 Å². The van der Waals surface area contributed by atoms with Crippen LogP contribution in [-0.2, 0) is 21.4 Å². The number of morpholine rings is 1. The van der Waals surface area contributed by atoms with Crippen molar-refractivity contribution in [2.75, 3.05) is 40.4 Å². The molecule has 29 heavy (non-hydrogen) atoms. The first-order valence-electron chi connectivity index (χ1n) is 10.4. The Morgan fingerprint density at radius 3 is 2.03 bits per heavy atom. The Balaban J connectivity index is 1.53. The molecule has 0 radical (unpaired) electrons. The highest BCUT2D eigenvalue weighted by atomic mass is 32.2. The number of benzene rings is 1. The van der Waals surface area contributed by atoms with Crippen LogP contribution >= 0.6 is 0 Å². The first-order valence-corrected chi connectivity index (χ1v) is 11.8. The monoisotopic (exact) mass is 426 g/mol. The van der Waals surface area contributed by atoms with Gasteiger partial charge < -0.3 is 14.2 Å². The van der Waals surface area contributed by atoms with E-state index in [1.165, 1.54) is 5.56 Å². The molecule has 2 aliphatic heterocycles. The number of nitrogens with zero attached hydrogens (tertiary/aromatic N) is 2. The zero-order valence-corrected chi connectivity index (χ0v) is 18.8. The Bertz CT molecular complexity index is 745. The fourth-order valence-electron chi connectivity index (χ4n) is 4.29. The maximum atomic E-state index is 13.0. The summed E-state index contributed by atoms with van der Waals surface area (Å²) in [5.74, 6) is 2.13. The number of aryl methyl sites for hydroxylation is 1. The molecule has 8 heteroatoms. The van der Waals surface area contributed by atoms with Gasteiger partial charge in [-0.15, -0.1) is 0 Å². The summed E-state index contributed by atoms with van der Waals surface area (Å²) in [5, 5.41) is 0. The van der Waals surface area contributed by atoms with E-state index in [2.05, 4.69) is 0 Å². The van der Waals surface area contributed by atoms with E-state index in [1.54, 1.807) is 22.8 Å². The Morgan fingerprint density at radius 1 is 0.966 bits per heavy atom. The SMILES string of the molecule is COc1cc(CCC2CCN(S(=O)(=O)N3CC(C)OC(C)C3)CC2)cc(OC)c1. The predicted octanol–water partition coefficient (Wildman–Crippen LogP) is 2.70. The molecule has 2 fully saturated rings. The minimum atomic E-state index is -3.41. The lowest BCUT2D eigenvalue weighted by atomic mass is 9.91. The molecule has 0 spiro atoms. The topological polar surface area (TPSA) is 68.3 Å². The molecule has 0 bridgehead atoms. The van der Waals surface area contributed by atoms with Crippen LogP contribution in [0, 0.1) is 5.92 Å². The number of hydrogen-bond donors (Lipinski definition) is 0. The average molecular weight is 427 g/mol. The highest BCUT2D eigenvalue weighted by Gasteiger charge is 2.36. The van der Waals surface area contributed by atoms with Gasteiger partial charge in [0.25, 0.3) is 10.2 Å². The molecule has 0 aromatic heterocycles. The second-order valence-electron chi connectivity index (χ2n) is 8.18. The molecule has 1 aromatic rings. The molecular formula is C21H34N2O5S. The summed E-state index contributed by atoms with van der Waals surface area (Å²) < 4.78 is 45.7. The van der Waals surface area contributed by atoms with Gasteiger partial charge in [-0.05, 0) is 63.1 Å². The van der Waals surface area contributed by atoms with Crippen molar-refractivity contribution in [1.29, 1.82) is 0 Å². The largest absolute Gasteiger partial charge is 0.497 e. The highest BCUT2D eigenvalue weighted by Crippen LogP contribution is 2.28. The second-order valence-corrected chi connectivity index (χ2v) is 10.1. The standard InChI is InChI=1S/C21H34N2O5S/c1-16-14-23(15-17(2)28-16)29(24,25)22-9-7-18(8-10-22)5-6-19-11-20(26-3)13-21(12-19)27-4/h11-13,16-18H,5-10,14-15H2,1-4H3. The molecule has 0 N–H and O–H groups in total. The predicted molar refractivity (Wildman–Crippen MR) is 113 cm³/mol. The third-order valence-electron chi connectivity index (χ3n) is 5.86. The van der Waals surface area contributed by atoms with Crippen molar-refractivity contribution in [2.45, 2.75) is 51.7 Å². The van der Waals surface area contributed by atoms with Gasteiger partial charge >= 0.3 is 0 Å². The Labute approximate surface area is 175 Å². The number of methoxy groups -OCH3 is 2. The summed E-state index contributed by atoms with van der Waals surface area (Å²) in [6, 6.07) is 5.96. The van der Waals surface area contributed by atoms with Crippen LogP contribution in [0.1, 0.15) is 38.7 Å². The van der Waals surface area contributed by atoms with Crippen LogP contribution in [0.4, 0.5) is 0 Å². The maximum absolute atomic E-state index is 13.0. The van der Waals surface area contributed by atoms with Crippen LogP contribution in [0.25, 0.3) is 0 Å². The molecule has 0 amide bonds. The molecule has 3 rings (SSSR count). The summed E-state index contributed by atoms with van der Waals surface area (Å²) in [7, 11) is -0.0910. The van der Waals surface area contributed by atoms with Gasteiger partial charge in [-0.25, -0.2) is 0 Å². The first-order chi connectivity index (χ1) is 13.8. The third kappa shape index (κ3) is 5.63. The van der Waals surface area contributed by atoms with E-state index in [1.807, 2.05) is 32.0 Å². The van der Waals surface area contributed by atoms with E-state index >= 15 is 0 Å². The van der Waals surface area contributed by atoms with Crippen molar-refractivity contribution in [3.05, 3.63) is 23.8 Å².